The van der Waals surface area contributed by atoms with Gasteiger partial charge < -0.3 is 15.2 Å². The number of nitrogens with one attached hydrogen (secondary N) is 1. The third-order valence-electron chi connectivity index (χ3n) is 3.68. The second kappa shape index (κ2) is 8.91. The minimum absolute atomic E-state index is 0.0413. The van der Waals surface area contributed by atoms with Crippen LogP contribution in [0.3, 0.4) is 0 Å². The smallest absolute Gasteiger partial charge is 0.303 e. The summed E-state index contributed by atoms with van der Waals surface area (Å²) < 4.78 is 7.26. The molecule has 7 nitrogen and oxygen atoms in total. The number of anilines is 1. The van der Waals surface area contributed by atoms with Gasteiger partial charge in [-0.05, 0) is 38.5 Å². The summed E-state index contributed by atoms with van der Waals surface area (Å²) in [6, 6.07) is 4.93. The molecule has 26 heavy (non-hydrogen) atoms. The number of hydrogen-bond donors (Lipinski definition) is 2. The van der Waals surface area contributed by atoms with Gasteiger partial charge in [-0.1, -0.05) is 23.2 Å². The molecule has 0 saturated heterocycles. The summed E-state index contributed by atoms with van der Waals surface area (Å²) in [6.07, 6.45) is 0.374. The number of rotatable bonds is 8. The molecular formula is C17H19Cl2N3O4. The SMILES string of the molecule is Cc1nn(COc2ccc(Cl)cc2Cl)c(C)c1NC(=O)CCCC(=O)O. The van der Waals surface area contributed by atoms with Gasteiger partial charge in [0.05, 0.1) is 22.1 Å². The molecule has 0 fully saturated rings. The van der Waals surface area contributed by atoms with Crippen LogP contribution in [0, 0.1) is 13.8 Å². The van der Waals surface area contributed by atoms with E-state index in [4.69, 9.17) is 33.0 Å². The Balaban J connectivity index is 2.00. The number of carboxylic acid groups (broad SMARTS) is 1. The highest BCUT2D eigenvalue weighted by molar-refractivity contribution is 6.35. The number of hydrogen-bond acceptors (Lipinski definition) is 4. The van der Waals surface area contributed by atoms with E-state index in [9.17, 15) is 9.59 Å². The fourth-order valence-electron chi connectivity index (χ4n) is 2.33. The Bertz CT molecular complexity index is 821. The second-order valence-corrected chi connectivity index (χ2v) is 6.53. The quantitative estimate of drug-likeness (QED) is 0.698. The monoisotopic (exact) mass is 399 g/mol. The molecule has 0 aliphatic rings. The fourth-order valence-corrected chi connectivity index (χ4v) is 2.79. The molecule has 9 heteroatoms. The first kappa shape index (κ1) is 20.1. The average molecular weight is 400 g/mol. The summed E-state index contributed by atoms with van der Waals surface area (Å²) in [7, 11) is 0. The Morgan fingerprint density at radius 3 is 2.65 bits per heavy atom. The number of aryl methyl sites for hydroxylation is 1. The maximum absolute atomic E-state index is 12.0. The predicted molar refractivity (Wildman–Crippen MR) is 98.9 cm³/mol. The molecule has 1 aromatic carbocycles. The van der Waals surface area contributed by atoms with Crippen molar-refractivity contribution in [3.05, 3.63) is 39.6 Å². The molecule has 0 aliphatic carbocycles. The van der Waals surface area contributed by atoms with E-state index < -0.39 is 5.97 Å². The zero-order valence-electron chi connectivity index (χ0n) is 14.4. The van der Waals surface area contributed by atoms with Crippen LogP contribution in [0.1, 0.15) is 30.7 Å². The van der Waals surface area contributed by atoms with Crippen LogP contribution < -0.4 is 10.1 Å². The van der Waals surface area contributed by atoms with Crippen LogP contribution in [0.15, 0.2) is 18.2 Å². The molecule has 0 radical (unpaired) electrons. The van der Waals surface area contributed by atoms with Gasteiger partial charge in [0, 0.05) is 17.9 Å². The Hall–Kier alpha value is -2.25. The number of carbonyl (C=O) groups is 2. The van der Waals surface area contributed by atoms with Gasteiger partial charge in [0.1, 0.15) is 5.75 Å². The standard InChI is InChI=1S/C17H19Cl2N3O4/c1-10-17(20-15(23)4-3-5-16(24)25)11(2)22(21-10)9-26-14-7-6-12(18)8-13(14)19/h6-8H,3-5,9H2,1-2H3,(H,20,23)(H,24,25). The third-order valence-corrected chi connectivity index (χ3v) is 4.21. The number of halogens is 2. The lowest BCUT2D eigenvalue weighted by atomic mass is 10.2. The molecule has 140 valence electrons. The van der Waals surface area contributed by atoms with Crippen molar-refractivity contribution in [1.82, 2.24) is 9.78 Å². The summed E-state index contributed by atoms with van der Waals surface area (Å²) >= 11 is 11.9. The molecule has 2 rings (SSSR count). The molecule has 0 saturated carbocycles. The summed E-state index contributed by atoms with van der Waals surface area (Å²) in [6.45, 7) is 3.69. The lowest BCUT2D eigenvalue weighted by molar-refractivity contribution is -0.137. The van der Waals surface area contributed by atoms with E-state index in [1.807, 2.05) is 0 Å². The van der Waals surface area contributed by atoms with Gasteiger partial charge >= 0.3 is 5.97 Å². The number of aromatic nitrogens is 2. The number of carboxylic acids is 1. The summed E-state index contributed by atoms with van der Waals surface area (Å²) in [5.41, 5.74) is 1.95. The van der Waals surface area contributed by atoms with Gasteiger partial charge in [-0.2, -0.15) is 5.10 Å². The van der Waals surface area contributed by atoms with Crippen LogP contribution in [0.25, 0.3) is 0 Å². The molecule has 0 unspecified atom stereocenters. The number of carbonyl (C=O) groups excluding carboxylic acids is 1. The molecule has 0 atom stereocenters. The van der Waals surface area contributed by atoms with E-state index in [-0.39, 0.29) is 31.9 Å². The number of nitrogens with zero attached hydrogens (tertiary/aromatic N) is 2. The van der Waals surface area contributed by atoms with Crippen molar-refractivity contribution in [1.29, 1.82) is 0 Å². The largest absolute Gasteiger partial charge is 0.481 e. The van der Waals surface area contributed by atoms with E-state index in [0.717, 1.165) is 5.69 Å². The summed E-state index contributed by atoms with van der Waals surface area (Å²) in [5.74, 6) is -0.697. The molecule has 0 bridgehead atoms. The first-order valence-electron chi connectivity index (χ1n) is 7.91. The third kappa shape index (κ3) is 5.37. The first-order chi connectivity index (χ1) is 12.3. The van der Waals surface area contributed by atoms with E-state index in [0.29, 0.717) is 27.2 Å². The zero-order chi connectivity index (χ0) is 19.3. The molecule has 1 amide bonds. The van der Waals surface area contributed by atoms with Crippen LogP contribution in [0.5, 0.6) is 5.75 Å². The molecule has 2 aromatic rings. The predicted octanol–water partition coefficient (Wildman–Crippen LogP) is 4.04. The van der Waals surface area contributed by atoms with Gasteiger partial charge in [0.15, 0.2) is 6.73 Å². The van der Waals surface area contributed by atoms with Crippen molar-refractivity contribution in [3.63, 3.8) is 0 Å². The van der Waals surface area contributed by atoms with Gasteiger partial charge in [0.25, 0.3) is 0 Å². The van der Waals surface area contributed by atoms with Crippen LogP contribution in [-0.2, 0) is 16.3 Å². The van der Waals surface area contributed by atoms with Crippen molar-refractivity contribution in [3.8, 4) is 5.75 Å². The first-order valence-corrected chi connectivity index (χ1v) is 8.67. The van der Waals surface area contributed by atoms with Crippen molar-refractivity contribution in [2.45, 2.75) is 39.8 Å². The maximum atomic E-state index is 12.0. The summed E-state index contributed by atoms with van der Waals surface area (Å²) in [4.78, 5) is 22.5. The van der Waals surface area contributed by atoms with Gasteiger partial charge in [-0.15, -0.1) is 0 Å². The second-order valence-electron chi connectivity index (χ2n) is 5.69. The van der Waals surface area contributed by atoms with E-state index in [1.54, 1.807) is 36.7 Å². The minimum Gasteiger partial charge on any atom is -0.481 e. The van der Waals surface area contributed by atoms with Gasteiger partial charge in [-0.3, -0.25) is 9.59 Å². The Morgan fingerprint density at radius 2 is 2.00 bits per heavy atom. The zero-order valence-corrected chi connectivity index (χ0v) is 15.9. The van der Waals surface area contributed by atoms with Gasteiger partial charge in [-0.25, -0.2) is 4.68 Å². The number of aliphatic carboxylic acids is 1. The van der Waals surface area contributed by atoms with Gasteiger partial charge in [0.2, 0.25) is 5.91 Å². The topological polar surface area (TPSA) is 93.5 Å². The highest BCUT2D eigenvalue weighted by atomic mass is 35.5. The number of benzene rings is 1. The van der Waals surface area contributed by atoms with Crippen LogP contribution in [0.4, 0.5) is 5.69 Å². The maximum Gasteiger partial charge on any atom is 0.303 e. The lowest BCUT2D eigenvalue weighted by Gasteiger charge is -2.10. The number of ether oxygens (including phenoxy) is 1. The number of amides is 1. The van der Waals surface area contributed by atoms with E-state index >= 15 is 0 Å². The normalized spacial score (nSPS) is 10.6. The van der Waals surface area contributed by atoms with Crippen molar-refractivity contribution < 1.29 is 19.4 Å². The van der Waals surface area contributed by atoms with E-state index in [2.05, 4.69) is 10.4 Å². The highest BCUT2D eigenvalue weighted by Crippen LogP contribution is 2.28. The van der Waals surface area contributed by atoms with E-state index in [1.165, 1.54) is 0 Å². The van der Waals surface area contributed by atoms with Crippen LogP contribution >= 0.6 is 23.2 Å². The lowest BCUT2D eigenvalue weighted by Crippen LogP contribution is -2.14. The molecule has 1 heterocycles. The average Bonchev–Trinajstić information content (AvgIpc) is 2.81. The van der Waals surface area contributed by atoms with Crippen molar-refractivity contribution in [2.24, 2.45) is 0 Å². The fraction of sp³-hybridized carbons (Fsp3) is 0.353. The molecule has 0 aliphatic heterocycles. The summed E-state index contributed by atoms with van der Waals surface area (Å²) in [5, 5.41) is 16.7. The Kier molecular flexibility index (Phi) is 6.88. The molecule has 1 aromatic heterocycles. The minimum atomic E-state index is -0.920. The highest BCUT2D eigenvalue weighted by Gasteiger charge is 2.15. The van der Waals surface area contributed by atoms with Crippen LogP contribution in [-0.4, -0.2) is 26.8 Å². The Labute approximate surface area is 160 Å². The van der Waals surface area contributed by atoms with Crippen molar-refractivity contribution in [2.75, 3.05) is 5.32 Å². The van der Waals surface area contributed by atoms with Crippen molar-refractivity contribution >= 4 is 40.8 Å². The molecule has 0 spiro atoms. The molecule has 2 N–H and O–H groups in total. The van der Waals surface area contributed by atoms with Crippen LogP contribution in [0.2, 0.25) is 10.0 Å². The molecular weight excluding hydrogens is 381 g/mol. The Morgan fingerprint density at radius 1 is 1.27 bits per heavy atom.